The van der Waals surface area contributed by atoms with Crippen molar-refractivity contribution in [2.45, 2.75) is 27.7 Å². The van der Waals surface area contributed by atoms with Crippen LogP contribution in [0.25, 0.3) is 5.82 Å². The van der Waals surface area contributed by atoms with Gasteiger partial charge >= 0.3 is 0 Å². The number of aryl methyl sites for hydroxylation is 4. The minimum atomic E-state index is 0.471. The highest BCUT2D eigenvalue weighted by Gasteiger charge is 2.13. The average Bonchev–Trinajstić information content (AvgIpc) is 2.82. The minimum absolute atomic E-state index is 0.471. The summed E-state index contributed by atoms with van der Waals surface area (Å²) in [5.41, 5.74) is 12.0. The van der Waals surface area contributed by atoms with E-state index in [0.717, 1.165) is 22.6 Å². The molecule has 0 spiro atoms. The van der Waals surface area contributed by atoms with E-state index in [1.807, 2.05) is 26.0 Å². The predicted molar refractivity (Wildman–Crippen MR) is 92.2 cm³/mol. The molecule has 0 saturated carbocycles. The Bertz CT molecular complexity index is 866. The molecule has 0 fully saturated rings. The van der Waals surface area contributed by atoms with Crippen LogP contribution in [0.5, 0.6) is 0 Å². The molecule has 2 aromatic heterocycles. The summed E-state index contributed by atoms with van der Waals surface area (Å²) in [6.45, 7) is 8.03. The highest BCUT2D eigenvalue weighted by atomic mass is 15.3. The summed E-state index contributed by atoms with van der Waals surface area (Å²) in [5, 5.41) is 7.72. The van der Waals surface area contributed by atoms with Crippen LogP contribution in [0.3, 0.4) is 0 Å². The molecule has 0 saturated heterocycles. The number of benzene rings is 1. The molecule has 0 amide bonds. The number of hydrogen-bond donors (Lipinski definition) is 2. The van der Waals surface area contributed by atoms with Crippen LogP contribution >= 0.6 is 0 Å². The number of nitrogen functional groups attached to an aromatic ring is 1. The molecule has 3 rings (SSSR count). The Hall–Kier alpha value is -2.89. The number of nitrogens with zero attached hydrogens (tertiary/aromatic N) is 4. The molecule has 0 radical (unpaired) electrons. The Labute approximate surface area is 135 Å². The quantitative estimate of drug-likeness (QED) is 0.776. The monoisotopic (exact) mass is 308 g/mol. The van der Waals surface area contributed by atoms with Crippen LogP contribution in [0, 0.1) is 27.7 Å². The molecule has 23 heavy (non-hydrogen) atoms. The van der Waals surface area contributed by atoms with E-state index in [1.165, 1.54) is 11.9 Å². The zero-order valence-corrected chi connectivity index (χ0v) is 13.8. The number of nitrogens with two attached hydrogens (primary N) is 1. The van der Waals surface area contributed by atoms with Crippen molar-refractivity contribution in [1.29, 1.82) is 0 Å². The maximum Gasteiger partial charge on any atom is 0.182 e. The predicted octanol–water partition coefficient (Wildman–Crippen LogP) is 3.22. The highest BCUT2D eigenvalue weighted by molar-refractivity contribution is 5.75. The van der Waals surface area contributed by atoms with Crippen LogP contribution in [0.1, 0.15) is 22.5 Å². The summed E-state index contributed by atoms with van der Waals surface area (Å²) in [7, 11) is 0. The van der Waals surface area contributed by atoms with E-state index in [1.54, 1.807) is 4.68 Å². The van der Waals surface area contributed by atoms with Crippen LogP contribution in [0.2, 0.25) is 0 Å². The SMILES string of the molecule is Cc1ccc(Nc2ncnc(-n3nc(C)cc3C)c2N)c(C)c1. The minimum Gasteiger partial charge on any atom is -0.393 e. The first-order chi connectivity index (χ1) is 11.0. The Morgan fingerprint density at radius 2 is 1.83 bits per heavy atom. The number of hydrogen-bond acceptors (Lipinski definition) is 5. The third kappa shape index (κ3) is 2.88. The number of aromatic nitrogens is 4. The lowest BCUT2D eigenvalue weighted by Crippen LogP contribution is -2.10. The van der Waals surface area contributed by atoms with Crippen molar-refractivity contribution < 1.29 is 0 Å². The van der Waals surface area contributed by atoms with Crippen molar-refractivity contribution in [2.24, 2.45) is 0 Å². The molecule has 0 bridgehead atoms. The maximum absolute atomic E-state index is 6.27. The van der Waals surface area contributed by atoms with Crippen molar-refractivity contribution >= 4 is 17.2 Å². The van der Waals surface area contributed by atoms with E-state index in [-0.39, 0.29) is 0 Å². The van der Waals surface area contributed by atoms with Crippen molar-refractivity contribution in [2.75, 3.05) is 11.1 Å². The largest absolute Gasteiger partial charge is 0.393 e. The van der Waals surface area contributed by atoms with E-state index in [0.29, 0.717) is 17.3 Å². The molecule has 118 valence electrons. The topological polar surface area (TPSA) is 81.7 Å². The van der Waals surface area contributed by atoms with Gasteiger partial charge < -0.3 is 11.1 Å². The van der Waals surface area contributed by atoms with Crippen molar-refractivity contribution in [1.82, 2.24) is 19.7 Å². The van der Waals surface area contributed by atoms with Gasteiger partial charge in [0.15, 0.2) is 11.6 Å². The number of rotatable bonds is 3. The second-order valence-electron chi connectivity index (χ2n) is 5.74. The lowest BCUT2D eigenvalue weighted by Gasteiger charge is -2.13. The van der Waals surface area contributed by atoms with Gasteiger partial charge in [-0.1, -0.05) is 17.7 Å². The second-order valence-corrected chi connectivity index (χ2v) is 5.74. The molecule has 3 aromatic rings. The smallest absolute Gasteiger partial charge is 0.182 e. The molecule has 3 N–H and O–H groups in total. The molecule has 2 heterocycles. The van der Waals surface area contributed by atoms with Gasteiger partial charge in [0.25, 0.3) is 0 Å². The lowest BCUT2D eigenvalue weighted by molar-refractivity contribution is 0.804. The van der Waals surface area contributed by atoms with Crippen LogP contribution in [0.4, 0.5) is 17.2 Å². The van der Waals surface area contributed by atoms with Crippen molar-refractivity contribution in [3.63, 3.8) is 0 Å². The van der Waals surface area contributed by atoms with E-state index in [9.17, 15) is 0 Å². The van der Waals surface area contributed by atoms with Gasteiger partial charge in [0.1, 0.15) is 12.0 Å². The second kappa shape index (κ2) is 5.72. The van der Waals surface area contributed by atoms with Gasteiger partial charge in [-0.15, -0.1) is 0 Å². The highest BCUT2D eigenvalue weighted by Crippen LogP contribution is 2.27. The summed E-state index contributed by atoms with van der Waals surface area (Å²) in [6.07, 6.45) is 1.49. The van der Waals surface area contributed by atoms with Crippen LogP contribution in [-0.2, 0) is 0 Å². The molecular formula is C17H20N6. The Balaban J connectivity index is 2.01. The van der Waals surface area contributed by atoms with E-state index in [2.05, 4.69) is 46.4 Å². The van der Waals surface area contributed by atoms with Crippen molar-refractivity contribution in [3.8, 4) is 5.82 Å². The fourth-order valence-electron chi connectivity index (χ4n) is 2.58. The van der Waals surface area contributed by atoms with E-state index in [4.69, 9.17) is 5.73 Å². The standard InChI is InChI=1S/C17H20N6/c1-10-5-6-14(11(2)7-10)21-16-15(18)17(20-9-19-16)23-13(4)8-12(3)22-23/h5-9H,18H2,1-4H3,(H,19,20,21). The van der Waals surface area contributed by atoms with Gasteiger partial charge in [-0.3, -0.25) is 0 Å². The lowest BCUT2D eigenvalue weighted by atomic mass is 10.1. The first-order valence-corrected chi connectivity index (χ1v) is 7.44. The third-order valence-corrected chi connectivity index (χ3v) is 3.71. The molecule has 0 aliphatic heterocycles. The molecule has 0 unspecified atom stereocenters. The first-order valence-electron chi connectivity index (χ1n) is 7.44. The molecule has 1 aromatic carbocycles. The first kappa shape index (κ1) is 15.0. The van der Waals surface area contributed by atoms with E-state index < -0.39 is 0 Å². The molecule has 6 heteroatoms. The summed E-state index contributed by atoms with van der Waals surface area (Å²) < 4.78 is 1.74. The molecule has 0 atom stereocenters. The van der Waals surface area contributed by atoms with Gasteiger partial charge in [0, 0.05) is 11.4 Å². The van der Waals surface area contributed by atoms with Crippen LogP contribution < -0.4 is 11.1 Å². The molecule has 0 aliphatic rings. The normalized spacial score (nSPS) is 10.8. The Kier molecular flexibility index (Phi) is 3.73. The summed E-state index contributed by atoms with van der Waals surface area (Å²) in [6, 6.07) is 8.17. The van der Waals surface area contributed by atoms with E-state index >= 15 is 0 Å². The van der Waals surface area contributed by atoms with Gasteiger partial charge in [-0.2, -0.15) is 5.10 Å². The Morgan fingerprint density at radius 1 is 1.04 bits per heavy atom. The van der Waals surface area contributed by atoms with Crippen LogP contribution in [0.15, 0.2) is 30.6 Å². The van der Waals surface area contributed by atoms with Crippen molar-refractivity contribution in [3.05, 3.63) is 53.1 Å². The maximum atomic E-state index is 6.27. The number of nitrogens with one attached hydrogen (secondary N) is 1. The number of anilines is 3. The zero-order chi connectivity index (χ0) is 16.6. The fraction of sp³-hybridized carbons (Fsp3) is 0.235. The van der Waals surface area contributed by atoms with Gasteiger partial charge in [0.05, 0.1) is 5.69 Å². The zero-order valence-electron chi connectivity index (χ0n) is 13.8. The fourth-order valence-corrected chi connectivity index (χ4v) is 2.58. The van der Waals surface area contributed by atoms with Gasteiger partial charge in [0.2, 0.25) is 0 Å². The summed E-state index contributed by atoms with van der Waals surface area (Å²) in [4.78, 5) is 8.56. The molecular weight excluding hydrogens is 288 g/mol. The summed E-state index contributed by atoms with van der Waals surface area (Å²) in [5.74, 6) is 1.16. The molecule has 6 nitrogen and oxygen atoms in total. The third-order valence-electron chi connectivity index (χ3n) is 3.71. The van der Waals surface area contributed by atoms with Gasteiger partial charge in [-0.05, 0) is 45.4 Å². The Morgan fingerprint density at radius 3 is 2.48 bits per heavy atom. The van der Waals surface area contributed by atoms with Crippen LogP contribution in [-0.4, -0.2) is 19.7 Å². The van der Waals surface area contributed by atoms with Gasteiger partial charge in [-0.25, -0.2) is 14.6 Å². The average molecular weight is 308 g/mol. The summed E-state index contributed by atoms with van der Waals surface area (Å²) >= 11 is 0. The molecule has 0 aliphatic carbocycles.